The van der Waals surface area contributed by atoms with Crippen LogP contribution in [0.1, 0.15) is 0 Å². The molecule has 6 nitrogen and oxygen atoms in total. The van der Waals surface area contributed by atoms with Gasteiger partial charge >= 0.3 is 0 Å². The molecule has 0 saturated carbocycles. The Balaban J connectivity index is -0.00000110. The lowest BCUT2D eigenvalue weighted by molar-refractivity contribution is 0.218. The van der Waals surface area contributed by atoms with Gasteiger partial charge in [-0.3, -0.25) is 0 Å². The summed E-state index contributed by atoms with van der Waals surface area (Å²) in [6.45, 7) is 0.690. The van der Waals surface area contributed by atoms with Gasteiger partial charge in [-0.2, -0.15) is 0 Å². The summed E-state index contributed by atoms with van der Waals surface area (Å²) >= 11 is 0. The predicted molar refractivity (Wildman–Crippen MR) is 111 cm³/mol. The minimum atomic E-state index is 0. The van der Waals surface area contributed by atoms with E-state index in [-0.39, 0.29) is 49.6 Å². The van der Waals surface area contributed by atoms with Crippen LogP contribution in [0.4, 0.5) is 22.7 Å². The van der Waals surface area contributed by atoms with Crippen molar-refractivity contribution in [1.29, 1.82) is 0 Å². The van der Waals surface area contributed by atoms with Crippen LogP contribution in [-0.4, -0.2) is 13.2 Å². The van der Waals surface area contributed by atoms with Gasteiger partial charge < -0.3 is 32.4 Å². The fourth-order valence-electron chi connectivity index (χ4n) is 1.70. The topological polar surface area (TPSA) is 123 Å². The Labute approximate surface area is 165 Å². The molecule has 0 fully saturated rings. The van der Waals surface area contributed by atoms with E-state index in [9.17, 15) is 0 Å². The van der Waals surface area contributed by atoms with Gasteiger partial charge in [-0.1, -0.05) is 0 Å². The zero-order chi connectivity index (χ0) is 14.5. The highest BCUT2D eigenvalue weighted by atomic mass is 35.5. The summed E-state index contributed by atoms with van der Waals surface area (Å²) in [5, 5.41) is 0. The first-order valence-corrected chi connectivity index (χ1v) is 6.12. The third kappa shape index (κ3) is 7.79. The molecule has 0 unspecified atom stereocenters. The Kier molecular flexibility index (Phi) is 14.5. The minimum absolute atomic E-state index is 0. The summed E-state index contributed by atoms with van der Waals surface area (Å²) in [5.74, 6) is 1.15. The number of anilines is 4. The average Bonchev–Trinajstić information content (AvgIpc) is 2.39. The Morgan fingerprint density at radius 3 is 1.21 bits per heavy atom. The van der Waals surface area contributed by atoms with Crippen LogP contribution in [0.25, 0.3) is 0 Å². The molecule has 0 radical (unpaired) electrons. The zero-order valence-electron chi connectivity index (χ0n) is 12.6. The fourth-order valence-corrected chi connectivity index (χ4v) is 1.70. The number of benzene rings is 2. The average molecular weight is 420 g/mol. The van der Waals surface area contributed by atoms with Gasteiger partial charge in [0.25, 0.3) is 0 Å². The Morgan fingerprint density at radius 2 is 0.917 bits per heavy atom. The first-order valence-electron chi connectivity index (χ1n) is 6.12. The predicted octanol–water partition coefficient (Wildman–Crippen LogP) is 3.16. The Morgan fingerprint density at radius 1 is 0.583 bits per heavy atom. The number of hydrogen-bond acceptors (Lipinski definition) is 6. The van der Waals surface area contributed by atoms with Crippen LogP contribution in [0.15, 0.2) is 36.4 Å². The number of ether oxygens (including phenoxy) is 2. The van der Waals surface area contributed by atoms with E-state index in [0.29, 0.717) is 47.5 Å². The van der Waals surface area contributed by atoms with Crippen molar-refractivity contribution in [2.24, 2.45) is 0 Å². The first kappa shape index (κ1) is 27.3. The number of rotatable bonds is 5. The van der Waals surface area contributed by atoms with E-state index in [1.807, 2.05) is 0 Å². The van der Waals surface area contributed by atoms with Crippen molar-refractivity contribution in [3.8, 4) is 11.5 Å². The smallest absolute Gasteiger partial charge is 0.142 e. The maximum absolute atomic E-state index is 5.78. The molecule has 138 valence electrons. The van der Waals surface area contributed by atoms with E-state index in [1.165, 1.54) is 0 Å². The van der Waals surface area contributed by atoms with Gasteiger partial charge in [-0.25, -0.2) is 0 Å². The second-order valence-electron chi connectivity index (χ2n) is 4.29. The molecule has 0 bridgehead atoms. The van der Waals surface area contributed by atoms with Gasteiger partial charge in [-0.05, 0) is 36.4 Å². The highest BCUT2D eigenvalue weighted by Crippen LogP contribution is 2.25. The molecule has 0 aliphatic heterocycles. The lowest BCUT2D eigenvalue weighted by Gasteiger charge is -2.12. The van der Waals surface area contributed by atoms with Crippen molar-refractivity contribution in [3.05, 3.63) is 36.4 Å². The molecule has 10 heteroatoms. The van der Waals surface area contributed by atoms with Crippen LogP contribution in [0, 0.1) is 0 Å². The van der Waals surface area contributed by atoms with Gasteiger partial charge in [-0.15, -0.1) is 49.6 Å². The molecule has 8 N–H and O–H groups in total. The van der Waals surface area contributed by atoms with Crippen molar-refractivity contribution in [2.45, 2.75) is 0 Å². The van der Waals surface area contributed by atoms with E-state index in [4.69, 9.17) is 32.4 Å². The molecule has 0 aliphatic carbocycles. The van der Waals surface area contributed by atoms with Crippen molar-refractivity contribution in [1.82, 2.24) is 0 Å². The second kappa shape index (κ2) is 12.8. The lowest BCUT2D eigenvalue weighted by Crippen LogP contribution is -2.11. The Bertz CT molecular complexity index is 564. The van der Waals surface area contributed by atoms with Gasteiger partial charge in [0.1, 0.15) is 24.7 Å². The van der Waals surface area contributed by atoms with Crippen molar-refractivity contribution in [3.63, 3.8) is 0 Å². The Hall–Kier alpha value is -1.60. The monoisotopic (exact) mass is 418 g/mol. The largest absolute Gasteiger partial charge is 0.488 e. The number of nitrogen functional groups attached to an aromatic ring is 4. The van der Waals surface area contributed by atoms with Gasteiger partial charge in [0.2, 0.25) is 0 Å². The summed E-state index contributed by atoms with van der Waals surface area (Å²) in [6, 6.07) is 10.2. The maximum Gasteiger partial charge on any atom is 0.142 e. The van der Waals surface area contributed by atoms with Crippen molar-refractivity contribution < 1.29 is 9.47 Å². The van der Waals surface area contributed by atoms with Crippen LogP contribution in [0.2, 0.25) is 0 Å². The quantitative estimate of drug-likeness (QED) is 0.436. The third-order valence-electron chi connectivity index (χ3n) is 2.67. The van der Waals surface area contributed by atoms with E-state index < -0.39 is 0 Å². The summed E-state index contributed by atoms with van der Waals surface area (Å²) in [4.78, 5) is 0. The number of hydrogen-bond donors (Lipinski definition) is 4. The van der Waals surface area contributed by atoms with Crippen LogP contribution in [-0.2, 0) is 0 Å². The molecule has 2 rings (SSSR count). The molecule has 0 aromatic heterocycles. The standard InChI is InChI=1S/C14H18N4O2.4ClH/c15-9-1-3-13(11(17)7-9)19-5-6-20-14-4-2-10(16)8-12(14)18;;;;/h1-4,7-8H,5-6,15-18H2;4*1H. The highest BCUT2D eigenvalue weighted by molar-refractivity contribution is 5.86. The highest BCUT2D eigenvalue weighted by Gasteiger charge is 2.03. The third-order valence-corrected chi connectivity index (χ3v) is 2.67. The van der Waals surface area contributed by atoms with Crippen molar-refractivity contribution in [2.75, 3.05) is 36.1 Å². The van der Waals surface area contributed by atoms with Gasteiger partial charge in [0.05, 0.1) is 11.4 Å². The summed E-state index contributed by atoms with van der Waals surface area (Å²) < 4.78 is 11.0. The zero-order valence-corrected chi connectivity index (χ0v) is 15.9. The molecular formula is C14H22Cl4N4O2. The molecule has 0 spiro atoms. The van der Waals surface area contributed by atoms with Crippen molar-refractivity contribution >= 4 is 72.4 Å². The lowest BCUT2D eigenvalue weighted by atomic mass is 10.2. The van der Waals surface area contributed by atoms with E-state index in [1.54, 1.807) is 36.4 Å². The van der Waals surface area contributed by atoms with E-state index >= 15 is 0 Å². The molecule has 0 saturated heterocycles. The minimum Gasteiger partial charge on any atom is -0.488 e. The molecule has 0 aliphatic rings. The number of halogens is 4. The normalized spacial score (nSPS) is 8.50. The maximum atomic E-state index is 5.78. The van der Waals surface area contributed by atoms with Crippen LogP contribution in [0.3, 0.4) is 0 Å². The molecule has 2 aromatic carbocycles. The van der Waals surface area contributed by atoms with Gasteiger partial charge in [0.15, 0.2) is 0 Å². The summed E-state index contributed by atoms with van der Waals surface area (Å²) in [7, 11) is 0. The SMILES string of the molecule is Cl.Cl.Cl.Cl.Nc1ccc(OCCOc2ccc(N)cc2N)c(N)c1. The summed E-state index contributed by atoms with van der Waals surface area (Å²) in [5.41, 5.74) is 24.9. The molecular weight excluding hydrogens is 398 g/mol. The fraction of sp³-hybridized carbons (Fsp3) is 0.143. The molecule has 0 amide bonds. The first-order chi connectivity index (χ1) is 9.56. The molecule has 2 aromatic rings. The van der Waals surface area contributed by atoms with E-state index in [2.05, 4.69) is 0 Å². The molecule has 0 atom stereocenters. The number of nitrogens with two attached hydrogens (primary N) is 4. The molecule has 0 heterocycles. The van der Waals surface area contributed by atoms with Crippen LogP contribution in [0.5, 0.6) is 11.5 Å². The van der Waals surface area contributed by atoms with Crippen LogP contribution >= 0.6 is 49.6 Å². The second-order valence-corrected chi connectivity index (χ2v) is 4.29. The molecule has 24 heavy (non-hydrogen) atoms. The van der Waals surface area contributed by atoms with E-state index in [0.717, 1.165) is 0 Å². The van der Waals surface area contributed by atoms with Gasteiger partial charge in [0, 0.05) is 11.4 Å². The van der Waals surface area contributed by atoms with Crippen LogP contribution < -0.4 is 32.4 Å². The summed E-state index contributed by atoms with van der Waals surface area (Å²) in [6.07, 6.45) is 0.